The normalized spacial score (nSPS) is 11.9. The molecule has 8 heteroatoms. The van der Waals surface area contributed by atoms with Gasteiger partial charge >= 0.3 is 0 Å². The molecule has 0 aromatic heterocycles. The number of benzene rings is 2. The number of hydrogen-bond acceptors (Lipinski definition) is 5. The van der Waals surface area contributed by atoms with Crippen molar-refractivity contribution in [3.05, 3.63) is 59.2 Å². The van der Waals surface area contributed by atoms with E-state index < -0.39 is 9.84 Å². The van der Waals surface area contributed by atoms with E-state index in [1.165, 1.54) is 6.26 Å². The lowest BCUT2D eigenvalue weighted by Crippen LogP contribution is -2.36. The standard InChI is InChI=1S/C23H33N3O4S/c1-5-24-23(26-17-20-10-11-22(18(2)14-20)31(4,27)28)25-16-19-8-6-9-21(15-19)30-13-7-12-29-3/h6,8-11,14-15H,5,7,12-13,16-17H2,1-4H3,(H2,24,25,26). The highest BCUT2D eigenvalue weighted by atomic mass is 32.2. The second-order valence-electron chi connectivity index (χ2n) is 7.26. The fourth-order valence-corrected chi connectivity index (χ4v) is 4.02. The molecule has 0 aliphatic rings. The zero-order valence-electron chi connectivity index (χ0n) is 18.8. The molecule has 0 aliphatic heterocycles. The number of hydrogen-bond donors (Lipinski definition) is 2. The van der Waals surface area contributed by atoms with Crippen LogP contribution in [0.15, 0.2) is 52.4 Å². The van der Waals surface area contributed by atoms with Crippen LogP contribution in [0.5, 0.6) is 5.75 Å². The summed E-state index contributed by atoms with van der Waals surface area (Å²) in [4.78, 5) is 5.01. The van der Waals surface area contributed by atoms with Crippen molar-refractivity contribution in [2.24, 2.45) is 4.99 Å². The Hall–Kier alpha value is -2.58. The van der Waals surface area contributed by atoms with E-state index in [4.69, 9.17) is 9.47 Å². The van der Waals surface area contributed by atoms with E-state index in [0.29, 0.717) is 37.2 Å². The van der Waals surface area contributed by atoms with Gasteiger partial charge in [-0.2, -0.15) is 0 Å². The van der Waals surface area contributed by atoms with Crippen LogP contribution < -0.4 is 15.4 Å². The highest BCUT2D eigenvalue weighted by Gasteiger charge is 2.11. The van der Waals surface area contributed by atoms with Gasteiger partial charge < -0.3 is 20.1 Å². The Morgan fingerprint density at radius 3 is 2.55 bits per heavy atom. The van der Waals surface area contributed by atoms with E-state index in [2.05, 4.69) is 15.6 Å². The Morgan fingerprint density at radius 1 is 1.06 bits per heavy atom. The van der Waals surface area contributed by atoms with Gasteiger partial charge in [0.1, 0.15) is 5.75 Å². The number of sulfone groups is 1. The molecule has 0 unspecified atom stereocenters. The summed E-state index contributed by atoms with van der Waals surface area (Å²) in [5.41, 5.74) is 2.78. The molecule has 0 amide bonds. The van der Waals surface area contributed by atoms with Crippen LogP contribution in [0.1, 0.15) is 30.0 Å². The lowest BCUT2D eigenvalue weighted by molar-refractivity contribution is 0.172. The Morgan fingerprint density at radius 2 is 1.87 bits per heavy atom. The van der Waals surface area contributed by atoms with E-state index in [0.717, 1.165) is 35.4 Å². The van der Waals surface area contributed by atoms with E-state index in [1.807, 2.05) is 50.2 Å². The molecular formula is C23H33N3O4S. The van der Waals surface area contributed by atoms with Crippen molar-refractivity contribution >= 4 is 15.8 Å². The molecule has 0 aliphatic carbocycles. The first kappa shape index (κ1) is 24.7. The van der Waals surface area contributed by atoms with Gasteiger partial charge in [0.2, 0.25) is 0 Å². The minimum atomic E-state index is -3.21. The molecule has 0 atom stereocenters. The van der Waals surface area contributed by atoms with Crippen LogP contribution in [-0.4, -0.2) is 47.5 Å². The minimum absolute atomic E-state index is 0.362. The molecule has 2 aromatic carbocycles. The van der Waals surface area contributed by atoms with Crippen LogP contribution >= 0.6 is 0 Å². The predicted octanol–water partition coefficient (Wildman–Crippen LogP) is 3.07. The van der Waals surface area contributed by atoms with Gasteiger partial charge in [0, 0.05) is 39.5 Å². The number of guanidine groups is 1. The smallest absolute Gasteiger partial charge is 0.191 e. The number of nitrogens with one attached hydrogen (secondary N) is 2. The minimum Gasteiger partial charge on any atom is -0.493 e. The maximum absolute atomic E-state index is 11.8. The number of methoxy groups -OCH3 is 1. The van der Waals surface area contributed by atoms with Crippen molar-refractivity contribution in [2.45, 2.75) is 38.3 Å². The third-order valence-electron chi connectivity index (χ3n) is 4.52. The molecule has 0 saturated carbocycles. The maximum atomic E-state index is 11.8. The van der Waals surface area contributed by atoms with Crippen molar-refractivity contribution in [3.63, 3.8) is 0 Å². The van der Waals surface area contributed by atoms with Crippen LogP contribution in [0.2, 0.25) is 0 Å². The summed E-state index contributed by atoms with van der Waals surface area (Å²) in [6.07, 6.45) is 2.07. The third-order valence-corrected chi connectivity index (χ3v) is 5.78. The molecule has 0 heterocycles. The SMILES string of the molecule is CCNC(=NCc1cccc(OCCCOC)c1)NCc1ccc(S(C)(=O)=O)c(C)c1. The van der Waals surface area contributed by atoms with Crippen LogP contribution in [0.3, 0.4) is 0 Å². The summed E-state index contributed by atoms with van der Waals surface area (Å²) >= 11 is 0. The first-order chi connectivity index (χ1) is 14.8. The molecule has 170 valence electrons. The molecule has 0 spiro atoms. The average molecular weight is 448 g/mol. The monoisotopic (exact) mass is 447 g/mol. The fraction of sp³-hybridized carbons (Fsp3) is 0.435. The maximum Gasteiger partial charge on any atom is 0.191 e. The molecule has 2 N–H and O–H groups in total. The van der Waals surface area contributed by atoms with Gasteiger partial charge in [-0.05, 0) is 48.7 Å². The Bertz CT molecular complexity index is 975. The van der Waals surface area contributed by atoms with Crippen molar-refractivity contribution in [2.75, 3.05) is 33.1 Å². The average Bonchev–Trinajstić information content (AvgIpc) is 2.72. The number of aliphatic imine (C=N–C) groups is 1. The molecule has 2 rings (SSSR count). The molecule has 0 bridgehead atoms. The number of rotatable bonds is 11. The lowest BCUT2D eigenvalue weighted by atomic mass is 10.1. The topological polar surface area (TPSA) is 89.0 Å². The Kier molecular flexibility index (Phi) is 9.81. The molecular weight excluding hydrogens is 414 g/mol. The van der Waals surface area contributed by atoms with Gasteiger partial charge in [-0.25, -0.2) is 13.4 Å². The Labute approximate surface area is 185 Å². The summed E-state index contributed by atoms with van der Waals surface area (Å²) in [6.45, 7) is 6.90. The van der Waals surface area contributed by atoms with E-state index in [9.17, 15) is 8.42 Å². The van der Waals surface area contributed by atoms with Crippen LogP contribution in [0, 0.1) is 6.92 Å². The molecule has 31 heavy (non-hydrogen) atoms. The van der Waals surface area contributed by atoms with Crippen LogP contribution in [-0.2, 0) is 27.7 Å². The highest BCUT2D eigenvalue weighted by Crippen LogP contribution is 2.17. The summed E-state index contributed by atoms with van der Waals surface area (Å²) in [6, 6.07) is 13.3. The number of nitrogens with zero attached hydrogens (tertiary/aromatic N) is 1. The first-order valence-electron chi connectivity index (χ1n) is 10.4. The summed E-state index contributed by atoms with van der Waals surface area (Å²) in [5.74, 6) is 1.52. The van der Waals surface area contributed by atoms with Gasteiger partial charge in [0.25, 0.3) is 0 Å². The van der Waals surface area contributed by atoms with Crippen LogP contribution in [0.4, 0.5) is 0 Å². The predicted molar refractivity (Wildman–Crippen MR) is 124 cm³/mol. The van der Waals surface area contributed by atoms with Gasteiger partial charge in [-0.15, -0.1) is 0 Å². The van der Waals surface area contributed by atoms with Crippen molar-refractivity contribution in [1.29, 1.82) is 0 Å². The molecule has 7 nitrogen and oxygen atoms in total. The lowest BCUT2D eigenvalue weighted by Gasteiger charge is -2.13. The van der Waals surface area contributed by atoms with Crippen molar-refractivity contribution in [1.82, 2.24) is 10.6 Å². The van der Waals surface area contributed by atoms with Gasteiger partial charge in [0.05, 0.1) is 18.0 Å². The zero-order chi connectivity index (χ0) is 22.7. The van der Waals surface area contributed by atoms with E-state index in [1.54, 1.807) is 13.2 Å². The molecule has 0 fully saturated rings. The second kappa shape index (κ2) is 12.3. The number of ether oxygens (including phenoxy) is 2. The third kappa shape index (κ3) is 8.59. The summed E-state index contributed by atoms with van der Waals surface area (Å²) in [7, 11) is -1.53. The van der Waals surface area contributed by atoms with Gasteiger partial charge in [0.15, 0.2) is 15.8 Å². The Balaban J connectivity index is 1.98. The van der Waals surface area contributed by atoms with Crippen LogP contribution in [0.25, 0.3) is 0 Å². The quantitative estimate of drug-likeness (QED) is 0.313. The molecule has 0 radical (unpaired) electrons. The molecule has 0 saturated heterocycles. The van der Waals surface area contributed by atoms with Crippen molar-refractivity contribution < 1.29 is 17.9 Å². The summed E-state index contributed by atoms with van der Waals surface area (Å²) in [5, 5.41) is 6.53. The number of aryl methyl sites for hydroxylation is 1. The largest absolute Gasteiger partial charge is 0.493 e. The summed E-state index contributed by atoms with van der Waals surface area (Å²) < 4.78 is 34.4. The van der Waals surface area contributed by atoms with Crippen molar-refractivity contribution in [3.8, 4) is 5.75 Å². The second-order valence-corrected chi connectivity index (χ2v) is 9.25. The van der Waals surface area contributed by atoms with E-state index >= 15 is 0 Å². The van der Waals surface area contributed by atoms with Gasteiger partial charge in [-0.3, -0.25) is 0 Å². The van der Waals surface area contributed by atoms with Gasteiger partial charge in [-0.1, -0.05) is 24.3 Å². The van der Waals surface area contributed by atoms with E-state index in [-0.39, 0.29) is 0 Å². The first-order valence-corrected chi connectivity index (χ1v) is 12.2. The molecule has 2 aromatic rings. The zero-order valence-corrected chi connectivity index (χ0v) is 19.6. The fourth-order valence-electron chi connectivity index (χ4n) is 3.06. The highest BCUT2D eigenvalue weighted by molar-refractivity contribution is 7.90.